The van der Waals surface area contributed by atoms with Gasteiger partial charge in [-0.25, -0.2) is 4.68 Å². The SMILES string of the molecule is CCn1nncc1C(O)Cc1cccc(Cl)c1. The highest BCUT2D eigenvalue weighted by atomic mass is 35.5. The fourth-order valence-corrected chi connectivity index (χ4v) is 1.97. The average Bonchev–Trinajstić information content (AvgIpc) is 2.77. The van der Waals surface area contributed by atoms with Crippen LogP contribution in [0.3, 0.4) is 0 Å². The van der Waals surface area contributed by atoms with Crippen LogP contribution in [0.5, 0.6) is 0 Å². The second-order valence-corrected chi connectivity index (χ2v) is 4.26. The van der Waals surface area contributed by atoms with E-state index in [1.807, 2.05) is 31.2 Å². The lowest BCUT2D eigenvalue weighted by Gasteiger charge is -2.11. The van der Waals surface area contributed by atoms with Crippen molar-refractivity contribution in [3.8, 4) is 0 Å². The van der Waals surface area contributed by atoms with Gasteiger partial charge in [0.15, 0.2) is 0 Å². The van der Waals surface area contributed by atoms with Crippen molar-refractivity contribution in [1.29, 1.82) is 0 Å². The second-order valence-electron chi connectivity index (χ2n) is 3.82. The summed E-state index contributed by atoms with van der Waals surface area (Å²) in [4.78, 5) is 0. The Balaban J connectivity index is 2.14. The molecule has 0 aliphatic carbocycles. The first-order valence-electron chi connectivity index (χ1n) is 5.51. The zero-order valence-electron chi connectivity index (χ0n) is 9.55. The number of aryl methyl sites for hydroxylation is 1. The largest absolute Gasteiger partial charge is 0.386 e. The van der Waals surface area contributed by atoms with Crippen molar-refractivity contribution in [1.82, 2.24) is 15.0 Å². The normalized spacial score (nSPS) is 12.6. The van der Waals surface area contributed by atoms with Crippen molar-refractivity contribution >= 4 is 11.6 Å². The Hall–Kier alpha value is -1.39. The zero-order valence-corrected chi connectivity index (χ0v) is 10.3. The first-order valence-corrected chi connectivity index (χ1v) is 5.89. The number of benzene rings is 1. The Morgan fingerprint density at radius 3 is 3.00 bits per heavy atom. The van der Waals surface area contributed by atoms with Gasteiger partial charge in [0.05, 0.1) is 11.9 Å². The molecular weight excluding hydrogens is 238 g/mol. The molecule has 1 aromatic heterocycles. The van der Waals surface area contributed by atoms with E-state index in [2.05, 4.69) is 10.3 Å². The third kappa shape index (κ3) is 2.84. The topological polar surface area (TPSA) is 50.9 Å². The van der Waals surface area contributed by atoms with Crippen LogP contribution in [0.15, 0.2) is 30.5 Å². The lowest BCUT2D eigenvalue weighted by molar-refractivity contribution is 0.167. The van der Waals surface area contributed by atoms with E-state index < -0.39 is 6.10 Å². The van der Waals surface area contributed by atoms with Crippen LogP contribution in [0.25, 0.3) is 0 Å². The summed E-state index contributed by atoms with van der Waals surface area (Å²) in [5, 5.41) is 18.5. The number of hydrogen-bond acceptors (Lipinski definition) is 3. The van der Waals surface area contributed by atoms with Crippen LogP contribution in [0.4, 0.5) is 0 Å². The van der Waals surface area contributed by atoms with Gasteiger partial charge in [-0.2, -0.15) is 0 Å². The molecule has 0 aliphatic rings. The molecule has 4 nitrogen and oxygen atoms in total. The number of nitrogens with zero attached hydrogens (tertiary/aromatic N) is 3. The molecule has 0 amide bonds. The molecule has 1 unspecified atom stereocenters. The Morgan fingerprint density at radius 1 is 1.47 bits per heavy atom. The van der Waals surface area contributed by atoms with Crippen LogP contribution < -0.4 is 0 Å². The molecule has 1 atom stereocenters. The summed E-state index contributed by atoms with van der Waals surface area (Å²) in [7, 11) is 0. The molecule has 5 heteroatoms. The first-order chi connectivity index (χ1) is 8.20. The quantitative estimate of drug-likeness (QED) is 0.907. The summed E-state index contributed by atoms with van der Waals surface area (Å²) in [5.41, 5.74) is 1.72. The predicted molar refractivity (Wildman–Crippen MR) is 65.8 cm³/mol. The number of halogens is 1. The van der Waals surface area contributed by atoms with Gasteiger partial charge in [0.25, 0.3) is 0 Å². The van der Waals surface area contributed by atoms with E-state index in [9.17, 15) is 5.11 Å². The fraction of sp³-hybridized carbons (Fsp3) is 0.333. The van der Waals surface area contributed by atoms with Gasteiger partial charge >= 0.3 is 0 Å². The van der Waals surface area contributed by atoms with Crippen molar-refractivity contribution in [2.45, 2.75) is 26.0 Å². The Bertz CT molecular complexity index is 498. The van der Waals surface area contributed by atoms with E-state index >= 15 is 0 Å². The van der Waals surface area contributed by atoms with Crippen molar-refractivity contribution in [2.75, 3.05) is 0 Å². The summed E-state index contributed by atoms with van der Waals surface area (Å²) in [5.74, 6) is 0. The van der Waals surface area contributed by atoms with Gasteiger partial charge in [-0.1, -0.05) is 28.9 Å². The van der Waals surface area contributed by atoms with Gasteiger partial charge in [0.2, 0.25) is 0 Å². The van der Waals surface area contributed by atoms with Crippen molar-refractivity contribution < 1.29 is 5.11 Å². The second kappa shape index (κ2) is 5.29. The Morgan fingerprint density at radius 2 is 2.29 bits per heavy atom. The number of aliphatic hydroxyl groups is 1. The molecule has 17 heavy (non-hydrogen) atoms. The van der Waals surface area contributed by atoms with Gasteiger partial charge < -0.3 is 5.11 Å². The number of rotatable bonds is 4. The third-order valence-corrected chi connectivity index (χ3v) is 2.84. The summed E-state index contributed by atoms with van der Waals surface area (Å²) in [6, 6.07) is 7.48. The number of aromatic nitrogens is 3. The molecule has 0 aliphatic heterocycles. The standard InChI is InChI=1S/C12H14ClN3O/c1-2-16-11(8-14-15-16)12(17)7-9-4-3-5-10(13)6-9/h3-6,8,12,17H,2,7H2,1H3. The van der Waals surface area contributed by atoms with Crippen LogP contribution in [0.2, 0.25) is 5.02 Å². The summed E-state index contributed by atoms with van der Waals surface area (Å²) in [6.07, 6.45) is 1.50. The van der Waals surface area contributed by atoms with E-state index in [-0.39, 0.29) is 0 Å². The Labute approximate surface area is 105 Å². The van der Waals surface area contributed by atoms with E-state index in [1.165, 1.54) is 0 Å². The van der Waals surface area contributed by atoms with Crippen molar-refractivity contribution in [3.63, 3.8) is 0 Å². The minimum absolute atomic E-state index is 0.508. The van der Waals surface area contributed by atoms with Crippen LogP contribution in [-0.4, -0.2) is 20.1 Å². The summed E-state index contributed by atoms with van der Waals surface area (Å²) in [6.45, 7) is 2.66. The maximum Gasteiger partial charge on any atom is 0.101 e. The van der Waals surface area contributed by atoms with Crippen LogP contribution in [0, 0.1) is 0 Å². The number of aliphatic hydroxyl groups excluding tert-OH is 1. The molecule has 1 N–H and O–H groups in total. The Kier molecular flexibility index (Phi) is 3.76. The molecular formula is C12H14ClN3O. The molecule has 0 spiro atoms. The van der Waals surface area contributed by atoms with E-state index in [0.717, 1.165) is 11.3 Å². The monoisotopic (exact) mass is 251 g/mol. The van der Waals surface area contributed by atoms with Gasteiger partial charge in [0.1, 0.15) is 6.10 Å². The zero-order chi connectivity index (χ0) is 12.3. The van der Waals surface area contributed by atoms with Crippen molar-refractivity contribution in [3.05, 3.63) is 46.7 Å². The third-order valence-electron chi connectivity index (χ3n) is 2.61. The average molecular weight is 252 g/mol. The summed E-state index contributed by atoms with van der Waals surface area (Å²) >= 11 is 5.90. The van der Waals surface area contributed by atoms with E-state index in [0.29, 0.717) is 18.0 Å². The smallest absolute Gasteiger partial charge is 0.101 e. The minimum Gasteiger partial charge on any atom is -0.386 e. The molecule has 0 radical (unpaired) electrons. The predicted octanol–water partition coefficient (Wildman–Crippen LogP) is 2.23. The van der Waals surface area contributed by atoms with Gasteiger partial charge in [-0.05, 0) is 24.6 Å². The highest BCUT2D eigenvalue weighted by Crippen LogP contribution is 2.19. The van der Waals surface area contributed by atoms with Gasteiger partial charge in [0, 0.05) is 18.0 Å². The van der Waals surface area contributed by atoms with Gasteiger partial charge in [-0.15, -0.1) is 5.10 Å². The highest BCUT2D eigenvalue weighted by molar-refractivity contribution is 6.30. The molecule has 90 valence electrons. The first kappa shape index (κ1) is 12.1. The highest BCUT2D eigenvalue weighted by Gasteiger charge is 2.14. The molecule has 1 aromatic carbocycles. The van der Waals surface area contributed by atoms with Crippen LogP contribution in [0.1, 0.15) is 24.3 Å². The minimum atomic E-state index is -0.608. The van der Waals surface area contributed by atoms with Crippen LogP contribution >= 0.6 is 11.6 Å². The van der Waals surface area contributed by atoms with Crippen molar-refractivity contribution in [2.24, 2.45) is 0 Å². The van der Waals surface area contributed by atoms with Crippen LogP contribution in [-0.2, 0) is 13.0 Å². The molecule has 0 saturated carbocycles. The van der Waals surface area contributed by atoms with E-state index in [1.54, 1.807) is 10.9 Å². The lowest BCUT2D eigenvalue weighted by Crippen LogP contribution is -2.10. The van der Waals surface area contributed by atoms with Gasteiger partial charge in [-0.3, -0.25) is 0 Å². The fourth-order valence-electron chi connectivity index (χ4n) is 1.76. The maximum atomic E-state index is 10.1. The molecule has 0 saturated heterocycles. The molecule has 0 bridgehead atoms. The molecule has 2 aromatic rings. The molecule has 0 fully saturated rings. The summed E-state index contributed by atoms with van der Waals surface area (Å²) < 4.78 is 1.69. The maximum absolute atomic E-state index is 10.1. The number of hydrogen-bond donors (Lipinski definition) is 1. The van der Waals surface area contributed by atoms with E-state index in [4.69, 9.17) is 11.6 Å². The molecule has 2 rings (SSSR count). The lowest BCUT2D eigenvalue weighted by atomic mass is 10.1. The molecule has 1 heterocycles.